The van der Waals surface area contributed by atoms with Gasteiger partial charge >= 0.3 is 29.6 Å². The summed E-state index contributed by atoms with van der Waals surface area (Å²) in [4.78, 5) is 0. The molecule has 3 nitrogen and oxygen atoms in total. The van der Waals surface area contributed by atoms with Crippen molar-refractivity contribution in [2.24, 2.45) is 0 Å². The Kier molecular flexibility index (Phi) is 6.50. The summed E-state index contributed by atoms with van der Waals surface area (Å²) in [5.41, 5.74) is 0. The standard InChI is InChI=1S/C15H14O3.Na/c1-2-11-17-13-7-9-15(10-8-13)18-14-5-3-12(16)4-6-14;/h2-10,16H,1,11H2;/q;+1/p-1. The van der Waals surface area contributed by atoms with Crippen LogP contribution in [-0.4, -0.2) is 6.61 Å². The molecule has 0 radical (unpaired) electrons. The van der Waals surface area contributed by atoms with Gasteiger partial charge in [0, 0.05) is 0 Å². The van der Waals surface area contributed by atoms with Crippen LogP contribution in [0.1, 0.15) is 0 Å². The van der Waals surface area contributed by atoms with Crippen molar-refractivity contribution in [1.82, 2.24) is 0 Å². The number of rotatable bonds is 5. The first-order chi connectivity index (χ1) is 8.78. The van der Waals surface area contributed by atoms with E-state index in [1.165, 1.54) is 12.1 Å². The molecule has 0 aliphatic rings. The predicted octanol–water partition coefficient (Wildman–Crippen LogP) is 0.121. The molecule has 19 heavy (non-hydrogen) atoms. The van der Waals surface area contributed by atoms with Crippen LogP contribution >= 0.6 is 0 Å². The Hall–Kier alpha value is -1.42. The molecule has 0 heterocycles. The summed E-state index contributed by atoms with van der Waals surface area (Å²) in [6.45, 7) is 4.06. The van der Waals surface area contributed by atoms with Gasteiger partial charge in [0.1, 0.15) is 23.9 Å². The maximum Gasteiger partial charge on any atom is 1.00 e. The Morgan fingerprint density at radius 2 is 1.37 bits per heavy atom. The summed E-state index contributed by atoms with van der Waals surface area (Å²) in [5, 5.41) is 10.9. The smallest absolute Gasteiger partial charge is 0.872 e. The molecule has 4 heteroatoms. The molecule has 0 saturated heterocycles. The van der Waals surface area contributed by atoms with Crippen LogP contribution in [0.3, 0.4) is 0 Å². The average molecular weight is 264 g/mol. The molecule has 2 rings (SSSR count). The van der Waals surface area contributed by atoms with Gasteiger partial charge in [0.05, 0.1) is 0 Å². The summed E-state index contributed by atoms with van der Waals surface area (Å²) < 4.78 is 10.9. The van der Waals surface area contributed by atoms with E-state index in [2.05, 4.69) is 6.58 Å². The molecule has 92 valence electrons. The van der Waals surface area contributed by atoms with Crippen LogP contribution in [-0.2, 0) is 0 Å². The van der Waals surface area contributed by atoms with Crippen LogP contribution in [0, 0.1) is 0 Å². The molecule has 0 N–H and O–H groups in total. The van der Waals surface area contributed by atoms with Gasteiger partial charge in [-0.3, -0.25) is 0 Å². The molecule has 0 aromatic heterocycles. The van der Waals surface area contributed by atoms with Crippen LogP contribution in [0.5, 0.6) is 23.0 Å². The van der Waals surface area contributed by atoms with Crippen molar-refractivity contribution in [3.63, 3.8) is 0 Å². The van der Waals surface area contributed by atoms with Gasteiger partial charge in [0.15, 0.2) is 0 Å². The third-order valence-corrected chi connectivity index (χ3v) is 2.25. The minimum atomic E-state index is -0.0319. The Bertz CT molecular complexity index is 506. The topological polar surface area (TPSA) is 41.5 Å². The van der Waals surface area contributed by atoms with E-state index < -0.39 is 0 Å². The minimum absolute atomic E-state index is 0. The van der Waals surface area contributed by atoms with Crippen LogP contribution < -0.4 is 44.1 Å². The number of ether oxygens (including phenoxy) is 2. The number of benzene rings is 2. The van der Waals surface area contributed by atoms with E-state index in [4.69, 9.17) is 9.47 Å². The van der Waals surface area contributed by atoms with Gasteiger partial charge in [-0.1, -0.05) is 24.8 Å². The first-order valence-electron chi connectivity index (χ1n) is 5.56. The third-order valence-electron chi connectivity index (χ3n) is 2.25. The van der Waals surface area contributed by atoms with E-state index in [1.807, 2.05) is 24.3 Å². The van der Waals surface area contributed by atoms with Gasteiger partial charge in [0.2, 0.25) is 0 Å². The zero-order valence-corrected chi connectivity index (χ0v) is 12.8. The maximum atomic E-state index is 10.9. The summed E-state index contributed by atoms with van der Waals surface area (Å²) in [5.74, 6) is 2.06. The van der Waals surface area contributed by atoms with E-state index in [1.54, 1.807) is 18.2 Å². The largest absolute Gasteiger partial charge is 1.00 e. The zero-order valence-electron chi connectivity index (χ0n) is 10.8. The molecule has 0 amide bonds. The second-order valence-electron chi connectivity index (χ2n) is 3.64. The van der Waals surface area contributed by atoms with Crippen molar-refractivity contribution in [1.29, 1.82) is 0 Å². The quantitative estimate of drug-likeness (QED) is 0.569. The molecular formula is C15H13NaO3. The van der Waals surface area contributed by atoms with Crippen molar-refractivity contribution < 1.29 is 44.1 Å². The molecule has 0 saturated carbocycles. The second kappa shape index (κ2) is 7.89. The molecule has 0 atom stereocenters. The van der Waals surface area contributed by atoms with Crippen molar-refractivity contribution in [2.45, 2.75) is 0 Å². The third kappa shape index (κ3) is 4.99. The van der Waals surface area contributed by atoms with Crippen molar-refractivity contribution in [2.75, 3.05) is 6.61 Å². The molecule has 0 fully saturated rings. The van der Waals surface area contributed by atoms with Gasteiger partial charge in [-0.25, -0.2) is 0 Å². The van der Waals surface area contributed by atoms with E-state index >= 15 is 0 Å². The summed E-state index contributed by atoms with van der Waals surface area (Å²) in [7, 11) is 0. The van der Waals surface area contributed by atoms with Gasteiger partial charge in [-0.15, -0.1) is 5.75 Å². The van der Waals surface area contributed by atoms with Gasteiger partial charge in [0.25, 0.3) is 0 Å². The molecule has 0 unspecified atom stereocenters. The normalized spacial score (nSPS) is 9.26. The first kappa shape index (κ1) is 15.6. The van der Waals surface area contributed by atoms with Crippen molar-refractivity contribution in [3.05, 3.63) is 61.2 Å². The Morgan fingerprint density at radius 3 is 1.89 bits per heavy atom. The molecule has 2 aromatic rings. The molecule has 0 bridgehead atoms. The first-order valence-corrected chi connectivity index (χ1v) is 5.56. The van der Waals surface area contributed by atoms with E-state index in [0.717, 1.165) is 5.75 Å². The fraction of sp³-hybridized carbons (Fsp3) is 0.0667. The van der Waals surface area contributed by atoms with Gasteiger partial charge < -0.3 is 14.6 Å². The molecular weight excluding hydrogens is 251 g/mol. The van der Waals surface area contributed by atoms with E-state index in [-0.39, 0.29) is 35.3 Å². The van der Waals surface area contributed by atoms with Crippen LogP contribution in [0.15, 0.2) is 61.2 Å². The van der Waals surface area contributed by atoms with E-state index in [9.17, 15) is 5.11 Å². The molecule has 0 aliphatic heterocycles. The SMILES string of the molecule is C=CCOc1ccc(Oc2ccc([O-])cc2)cc1.[Na+]. The summed E-state index contributed by atoms with van der Waals surface area (Å²) in [6.07, 6.45) is 1.69. The van der Waals surface area contributed by atoms with Crippen molar-refractivity contribution >= 4 is 0 Å². The summed E-state index contributed by atoms with van der Waals surface area (Å²) >= 11 is 0. The van der Waals surface area contributed by atoms with Gasteiger partial charge in [-0.2, -0.15) is 0 Å². The van der Waals surface area contributed by atoms with Crippen LogP contribution in [0.4, 0.5) is 0 Å². The Balaban J connectivity index is 0.00000180. The van der Waals surface area contributed by atoms with Crippen molar-refractivity contribution in [3.8, 4) is 23.0 Å². The molecule has 0 aliphatic carbocycles. The monoisotopic (exact) mass is 264 g/mol. The predicted molar refractivity (Wildman–Crippen MR) is 68.1 cm³/mol. The Morgan fingerprint density at radius 1 is 0.895 bits per heavy atom. The fourth-order valence-electron chi connectivity index (χ4n) is 1.40. The fourth-order valence-corrected chi connectivity index (χ4v) is 1.40. The van der Waals surface area contributed by atoms with Crippen LogP contribution in [0.2, 0.25) is 0 Å². The maximum absolute atomic E-state index is 10.9. The second-order valence-corrected chi connectivity index (χ2v) is 3.64. The van der Waals surface area contributed by atoms with E-state index in [0.29, 0.717) is 18.1 Å². The number of hydrogen-bond acceptors (Lipinski definition) is 3. The molecule has 2 aromatic carbocycles. The zero-order chi connectivity index (χ0) is 12.8. The Labute approximate surface area is 134 Å². The molecule has 0 spiro atoms. The van der Waals surface area contributed by atoms with Gasteiger partial charge in [-0.05, 0) is 36.4 Å². The summed E-state index contributed by atoms with van der Waals surface area (Å²) in [6, 6.07) is 13.5. The minimum Gasteiger partial charge on any atom is -0.872 e. The number of hydrogen-bond donors (Lipinski definition) is 0. The van der Waals surface area contributed by atoms with Crippen LogP contribution in [0.25, 0.3) is 0 Å². The average Bonchev–Trinajstić information content (AvgIpc) is 2.41.